The van der Waals surface area contributed by atoms with Crippen molar-refractivity contribution < 1.29 is 39.6 Å². The fourth-order valence-electron chi connectivity index (χ4n) is 1.71. The summed E-state index contributed by atoms with van der Waals surface area (Å²) < 4.78 is 0. The van der Waals surface area contributed by atoms with E-state index in [9.17, 15) is 19.2 Å². The maximum Gasteiger partial charge on any atom is 0.317 e. The maximum atomic E-state index is 10.7. The summed E-state index contributed by atoms with van der Waals surface area (Å²) in [5.41, 5.74) is 0. The summed E-state index contributed by atoms with van der Waals surface area (Å²) in [7, 11) is 0. The lowest BCUT2D eigenvalue weighted by molar-refractivity contribution is -0.142. The number of rotatable bonds is 13. The standard InChI is InChI=1S/C12H20N2O8/c15-9(16)1-3-13(7-11(19)20)5-6-14(8-12(21)22)4-2-10(17)18/h1-8H2,(H,15,16)(H,17,18)(H,19,20)(H,21,22). The van der Waals surface area contributed by atoms with Gasteiger partial charge in [0.2, 0.25) is 0 Å². The molecule has 0 saturated carbocycles. The summed E-state index contributed by atoms with van der Waals surface area (Å²) in [6, 6.07) is 0. The smallest absolute Gasteiger partial charge is 0.317 e. The number of carboxylic acid groups (broad SMARTS) is 4. The van der Waals surface area contributed by atoms with Crippen LogP contribution in [-0.2, 0) is 19.2 Å². The summed E-state index contributed by atoms with van der Waals surface area (Å²) in [5.74, 6) is -4.38. The summed E-state index contributed by atoms with van der Waals surface area (Å²) in [5, 5.41) is 34.7. The summed E-state index contributed by atoms with van der Waals surface area (Å²) in [4.78, 5) is 45.2. The van der Waals surface area contributed by atoms with Crippen molar-refractivity contribution in [3.8, 4) is 0 Å². The molecule has 0 fully saturated rings. The van der Waals surface area contributed by atoms with Crippen molar-refractivity contribution in [3.05, 3.63) is 0 Å². The van der Waals surface area contributed by atoms with E-state index in [0.29, 0.717) is 0 Å². The van der Waals surface area contributed by atoms with Crippen molar-refractivity contribution in [2.24, 2.45) is 0 Å². The molecule has 0 unspecified atom stereocenters. The maximum absolute atomic E-state index is 10.7. The third-order valence-corrected chi connectivity index (χ3v) is 2.73. The van der Waals surface area contributed by atoms with Crippen LogP contribution in [0.3, 0.4) is 0 Å². The van der Waals surface area contributed by atoms with Gasteiger partial charge in [-0.05, 0) is 0 Å². The third-order valence-electron chi connectivity index (χ3n) is 2.73. The molecule has 10 heteroatoms. The highest BCUT2D eigenvalue weighted by Crippen LogP contribution is 1.97. The lowest BCUT2D eigenvalue weighted by Crippen LogP contribution is -2.41. The van der Waals surface area contributed by atoms with Gasteiger partial charge in [-0.2, -0.15) is 0 Å². The summed E-state index contributed by atoms with van der Waals surface area (Å²) in [6.07, 6.45) is -0.470. The molecule has 0 saturated heterocycles. The van der Waals surface area contributed by atoms with Crippen LogP contribution in [0, 0.1) is 0 Å². The Kier molecular flexibility index (Phi) is 9.46. The Morgan fingerprint density at radius 2 is 0.864 bits per heavy atom. The Labute approximate surface area is 126 Å². The first kappa shape index (κ1) is 19.8. The minimum absolute atomic E-state index is 0.0154. The molecule has 4 N–H and O–H groups in total. The second-order valence-corrected chi connectivity index (χ2v) is 4.63. The molecule has 10 nitrogen and oxygen atoms in total. The Balaban J connectivity index is 4.49. The quantitative estimate of drug-likeness (QED) is 0.322. The normalized spacial score (nSPS) is 10.8. The van der Waals surface area contributed by atoms with Gasteiger partial charge in [0, 0.05) is 26.2 Å². The average Bonchev–Trinajstić information content (AvgIpc) is 2.37. The van der Waals surface area contributed by atoms with Crippen LogP contribution in [0.2, 0.25) is 0 Å². The van der Waals surface area contributed by atoms with Gasteiger partial charge >= 0.3 is 23.9 Å². The van der Waals surface area contributed by atoms with Gasteiger partial charge in [0.15, 0.2) is 0 Å². The topological polar surface area (TPSA) is 156 Å². The molecule has 0 rings (SSSR count). The van der Waals surface area contributed by atoms with E-state index in [1.165, 1.54) is 9.80 Å². The number of aliphatic carboxylic acids is 4. The Morgan fingerprint density at radius 3 is 1.09 bits per heavy atom. The molecular weight excluding hydrogens is 300 g/mol. The minimum Gasteiger partial charge on any atom is -0.481 e. The summed E-state index contributed by atoms with van der Waals surface area (Å²) >= 11 is 0. The van der Waals surface area contributed by atoms with Crippen LogP contribution in [0.1, 0.15) is 12.8 Å². The van der Waals surface area contributed by atoms with Gasteiger partial charge in [-0.25, -0.2) is 0 Å². The molecule has 0 aromatic carbocycles. The van der Waals surface area contributed by atoms with Gasteiger partial charge in [-0.15, -0.1) is 0 Å². The predicted octanol–water partition coefficient (Wildman–Crippen LogP) is -1.29. The lowest BCUT2D eigenvalue weighted by atomic mass is 10.3. The van der Waals surface area contributed by atoms with Gasteiger partial charge in [0.25, 0.3) is 0 Å². The van der Waals surface area contributed by atoms with Crippen molar-refractivity contribution in [1.82, 2.24) is 9.80 Å². The Hall–Kier alpha value is -2.20. The highest BCUT2D eigenvalue weighted by Gasteiger charge is 2.16. The molecule has 0 aromatic heterocycles. The molecule has 0 spiro atoms. The van der Waals surface area contributed by atoms with E-state index in [0.717, 1.165) is 0 Å². The van der Waals surface area contributed by atoms with Crippen molar-refractivity contribution in [2.45, 2.75) is 12.8 Å². The van der Waals surface area contributed by atoms with E-state index in [1.54, 1.807) is 0 Å². The monoisotopic (exact) mass is 320 g/mol. The van der Waals surface area contributed by atoms with E-state index < -0.39 is 23.9 Å². The van der Waals surface area contributed by atoms with Crippen LogP contribution < -0.4 is 0 Å². The van der Waals surface area contributed by atoms with Crippen molar-refractivity contribution in [1.29, 1.82) is 0 Å². The zero-order chi connectivity index (χ0) is 17.1. The zero-order valence-electron chi connectivity index (χ0n) is 12.0. The number of carboxylic acids is 4. The Bertz CT molecular complexity index is 374. The fraction of sp³-hybridized carbons (Fsp3) is 0.667. The molecule has 0 radical (unpaired) electrons. The minimum atomic E-state index is -1.12. The highest BCUT2D eigenvalue weighted by atomic mass is 16.4. The van der Waals surface area contributed by atoms with Crippen molar-refractivity contribution in [2.75, 3.05) is 39.3 Å². The van der Waals surface area contributed by atoms with Crippen LogP contribution in [0.25, 0.3) is 0 Å². The number of nitrogens with zero attached hydrogens (tertiary/aromatic N) is 2. The van der Waals surface area contributed by atoms with E-state index in [4.69, 9.17) is 20.4 Å². The van der Waals surface area contributed by atoms with E-state index in [2.05, 4.69) is 0 Å². The number of hydrogen-bond acceptors (Lipinski definition) is 6. The number of carbonyl (C=O) groups is 4. The first-order valence-electron chi connectivity index (χ1n) is 6.52. The molecule has 0 aliphatic carbocycles. The molecule has 126 valence electrons. The van der Waals surface area contributed by atoms with Crippen molar-refractivity contribution in [3.63, 3.8) is 0 Å². The van der Waals surface area contributed by atoms with Gasteiger partial charge in [0.05, 0.1) is 25.9 Å². The molecule has 0 aliphatic heterocycles. The van der Waals surface area contributed by atoms with Crippen molar-refractivity contribution >= 4 is 23.9 Å². The van der Waals surface area contributed by atoms with E-state index in [-0.39, 0.29) is 52.1 Å². The summed E-state index contributed by atoms with van der Waals surface area (Å²) in [6.45, 7) is -0.442. The van der Waals surface area contributed by atoms with E-state index in [1.807, 2.05) is 0 Å². The van der Waals surface area contributed by atoms with Crippen LogP contribution in [0.4, 0.5) is 0 Å². The van der Waals surface area contributed by atoms with Gasteiger partial charge in [-0.3, -0.25) is 29.0 Å². The third kappa shape index (κ3) is 11.6. The second-order valence-electron chi connectivity index (χ2n) is 4.63. The molecule has 0 amide bonds. The fourth-order valence-corrected chi connectivity index (χ4v) is 1.71. The molecule has 0 aliphatic rings. The number of hydrogen-bond donors (Lipinski definition) is 4. The largest absolute Gasteiger partial charge is 0.481 e. The first-order valence-corrected chi connectivity index (χ1v) is 6.52. The van der Waals surface area contributed by atoms with Crippen LogP contribution in [0.5, 0.6) is 0 Å². The Morgan fingerprint density at radius 1 is 0.545 bits per heavy atom. The zero-order valence-corrected chi connectivity index (χ0v) is 12.0. The molecule has 0 heterocycles. The molecule has 0 bridgehead atoms. The molecule has 0 atom stereocenters. The first-order chi connectivity index (χ1) is 10.2. The predicted molar refractivity (Wildman–Crippen MR) is 72.7 cm³/mol. The van der Waals surface area contributed by atoms with Gasteiger partial charge in [-0.1, -0.05) is 0 Å². The molecule has 22 heavy (non-hydrogen) atoms. The lowest BCUT2D eigenvalue weighted by Gasteiger charge is -2.25. The van der Waals surface area contributed by atoms with Crippen LogP contribution >= 0.6 is 0 Å². The SMILES string of the molecule is O=C(O)CCN(CCN(CCC(=O)O)CC(=O)O)CC(=O)O. The average molecular weight is 320 g/mol. The van der Waals surface area contributed by atoms with Gasteiger partial charge in [0.1, 0.15) is 0 Å². The second kappa shape index (κ2) is 10.5. The van der Waals surface area contributed by atoms with Crippen LogP contribution in [-0.4, -0.2) is 93.4 Å². The highest BCUT2D eigenvalue weighted by molar-refractivity contribution is 5.70. The van der Waals surface area contributed by atoms with E-state index >= 15 is 0 Å². The van der Waals surface area contributed by atoms with Gasteiger partial charge < -0.3 is 20.4 Å². The molecule has 0 aromatic rings. The molecular formula is C12H20N2O8. The van der Waals surface area contributed by atoms with Crippen LogP contribution in [0.15, 0.2) is 0 Å².